The number of benzene rings is 1. The molecule has 0 unspecified atom stereocenters. The van der Waals surface area contributed by atoms with Crippen molar-refractivity contribution in [1.82, 2.24) is 0 Å². The predicted octanol–water partition coefficient (Wildman–Crippen LogP) is 2.29. The number of carbonyl (C=O) groups excluding carboxylic acids is 1. The lowest BCUT2D eigenvalue weighted by atomic mass is 9.96. The SMILES string of the molecule is O=CC[C@H](C[N+](=O)[O-])c1cccc(Cl)c1. The van der Waals surface area contributed by atoms with Crippen molar-refractivity contribution in [3.63, 3.8) is 0 Å². The third-order valence-corrected chi connectivity index (χ3v) is 2.31. The van der Waals surface area contributed by atoms with E-state index in [4.69, 9.17) is 11.6 Å². The highest BCUT2D eigenvalue weighted by atomic mass is 35.5. The summed E-state index contributed by atoms with van der Waals surface area (Å²) in [5.41, 5.74) is 0.728. The Morgan fingerprint density at radius 1 is 1.53 bits per heavy atom. The molecule has 1 rings (SSSR count). The molecule has 0 N–H and O–H groups in total. The van der Waals surface area contributed by atoms with E-state index in [1.807, 2.05) is 0 Å². The maximum absolute atomic E-state index is 10.4. The number of hydrogen-bond donors (Lipinski definition) is 0. The molecule has 0 amide bonds. The quantitative estimate of drug-likeness (QED) is 0.441. The van der Waals surface area contributed by atoms with Gasteiger partial charge in [0.05, 0.1) is 5.92 Å². The van der Waals surface area contributed by atoms with Gasteiger partial charge in [-0.1, -0.05) is 23.7 Å². The average molecular weight is 228 g/mol. The van der Waals surface area contributed by atoms with Crippen LogP contribution in [0.5, 0.6) is 0 Å². The zero-order chi connectivity index (χ0) is 11.3. The smallest absolute Gasteiger partial charge is 0.211 e. The number of aldehydes is 1. The normalized spacial score (nSPS) is 12.1. The molecule has 0 fully saturated rings. The van der Waals surface area contributed by atoms with E-state index in [2.05, 4.69) is 0 Å². The molecule has 0 saturated carbocycles. The summed E-state index contributed by atoms with van der Waals surface area (Å²) >= 11 is 5.77. The van der Waals surface area contributed by atoms with Gasteiger partial charge in [0.15, 0.2) is 0 Å². The van der Waals surface area contributed by atoms with Gasteiger partial charge in [-0.2, -0.15) is 0 Å². The molecule has 0 aliphatic rings. The molecule has 0 aliphatic carbocycles. The minimum Gasteiger partial charge on any atom is -0.303 e. The minimum atomic E-state index is -0.422. The Bertz CT molecular complexity index is 367. The van der Waals surface area contributed by atoms with Gasteiger partial charge in [-0.25, -0.2) is 0 Å². The molecule has 0 radical (unpaired) electrons. The van der Waals surface area contributed by atoms with E-state index in [1.54, 1.807) is 24.3 Å². The van der Waals surface area contributed by atoms with Crippen molar-refractivity contribution in [1.29, 1.82) is 0 Å². The first-order valence-corrected chi connectivity index (χ1v) is 4.82. The third kappa shape index (κ3) is 3.67. The molecule has 0 aromatic heterocycles. The Hall–Kier alpha value is -1.42. The van der Waals surface area contributed by atoms with Crippen LogP contribution in [0.3, 0.4) is 0 Å². The molecule has 80 valence electrons. The summed E-state index contributed by atoms with van der Waals surface area (Å²) in [6.07, 6.45) is 0.830. The molecule has 1 aromatic rings. The first-order valence-electron chi connectivity index (χ1n) is 4.44. The van der Waals surface area contributed by atoms with Gasteiger partial charge >= 0.3 is 0 Å². The lowest BCUT2D eigenvalue weighted by Crippen LogP contribution is -2.13. The fourth-order valence-corrected chi connectivity index (χ4v) is 1.57. The van der Waals surface area contributed by atoms with Gasteiger partial charge in [0.25, 0.3) is 0 Å². The van der Waals surface area contributed by atoms with Crippen LogP contribution >= 0.6 is 11.6 Å². The molecule has 15 heavy (non-hydrogen) atoms. The van der Waals surface area contributed by atoms with Crippen molar-refractivity contribution in [2.45, 2.75) is 12.3 Å². The maximum Gasteiger partial charge on any atom is 0.211 e. The third-order valence-electron chi connectivity index (χ3n) is 2.07. The van der Waals surface area contributed by atoms with Crippen LogP contribution in [-0.2, 0) is 4.79 Å². The van der Waals surface area contributed by atoms with E-state index in [1.165, 1.54) is 0 Å². The number of nitro groups is 1. The molecule has 0 spiro atoms. The van der Waals surface area contributed by atoms with E-state index in [0.717, 1.165) is 5.56 Å². The first-order chi connectivity index (χ1) is 7.13. The minimum absolute atomic E-state index is 0.140. The lowest BCUT2D eigenvalue weighted by molar-refractivity contribution is -0.483. The van der Waals surface area contributed by atoms with Gasteiger partial charge in [0.2, 0.25) is 6.54 Å². The molecular formula is C10H10ClNO3. The van der Waals surface area contributed by atoms with Crippen molar-refractivity contribution in [3.8, 4) is 0 Å². The second-order valence-electron chi connectivity index (χ2n) is 3.17. The van der Waals surface area contributed by atoms with Crippen LogP contribution in [0.1, 0.15) is 17.9 Å². The predicted molar refractivity (Wildman–Crippen MR) is 56.7 cm³/mol. The van der Waals surface area contributed by atoms with Crippen LogP contribution in [0, 0.1) is 10.1 Å². The summed E-state index contributed by atoms with van der Waals surface area (Å²) in [7, 11) is 0. The Labute approximate surface area is 92.0 Å². The molecule has 0 aliphatic heterocycles. The topological polar surface area (TPSA) is 60.2 Å². The van der Waals surface area contributed by atoms with Gasteiger partial charge in [-0.15, -0.1) is 0 Å². The Morgan fingerprint density at radius 2 is 2.27 bits per heavy atom. The van der Waals surface area contributed by atoms with Crippen molar-refractivity contribution in [2.24, 2.45) is 0 Å². The van der Waals surface area contributed by atoms with Gasteiger partial charge < -0.3 is 4.79 Å². The summed E-state index contributed by atoms with van der Waals surface area (Å²) in [6.45, 7) is -0.251. The monoisotopic (exact) mass is 227 g/mol. The van der Waals surface area contributed by atoms with Gasteiger partial charge in [0.1, 0.15) is 6.29 Å². The lowest BCUT2D eigenvalue weighted by Gasteiger charge is -2.09. The molecule has 1 atom stereocenters. The Kier molecular flexibility index (Phi) is 4.24. The van der Waals surface area contributed by atoms with E-state index in [9.17, 15) is 14.9 Å². The summed E-state index contributed by atoms with van der Waals surface area (Å²) in [5.74, 6) is -0.392. The second kappa shape index (κ2) is 5.46. The molecule has 5 heteroatoms. The van der Waals surface area contributed by atoms with Crippen LogP contribution < -0.4 is 0 Å². The Morgan fingerprint density at radius 3 is 2.80 bits per heavy atom. The number of hydrogen-bond acceptors (Lipinski definition) is 3. The van der Waals surface area contributed by atoms with Crippen LogP contribution in [-0.4, -0.2) is 17.8 Å². The molecule has 4 nitrogen and oxygen atoms in total. The van der Waals surface area contributed by atoms with Crippen LogP contribution in [0.4, 0.5) is 0 Å². The number of halogens is 1. The summed E-state index contributed by atoms with van der Waals surface area (Å²) in [5, 5.41) is 10.9. The van der Waals surface area contributed by atoms with E-state index in [-0.39, 0.29) is 13.0 Å². The van der Waals surface area contributed by atoms with Crippen molar-refractivity contribution in [2.75, 3.05) is 6.54 Å². The molecule has 0 heterocycles. The second-order valence-corrected chi connectivity index (χ2v) is 3.61. The van der Waals surface area contributed by atoms with Crippen LogP contribution in [0.25, 0.3) is 0 Å². The fourth-order valence-electron chi connectivity index (χ4n) is 1.37. The molecule has 1 aromatic carbocycles. The molecule has 0 saturated heterocycles. The highest BCUT2D eigenvalue weighted by Crippen LogP contribution is 2.22. The number of rotatable bonds is 5. The van der Waals surface area contributed by atoms with Crippen LogP contribution in [0.15, 0.2) is 24.3 Å². The standard InChI is InChI=1S/C10H10ClNO3/c11-10-3-1-2-8(6-10)9(4-5-13)7-12(14)15/h1-3,5-6,9H,4,7H2/t9-/m1/s1. The van der Waals surface area contributed by atoms with Gasteiger partial charge in [0, 0.05) is 16.4 Å². The Balaban J connectivity index is 2.87. The van der Waals surface area contributed by atoms with Crippen molar-refractivity contribution >= 4 is 17.9 Å². The average Bonchev–Trinajstić information content (AvgIpc) is 2.16. The van der Waals surface area contributed by atoms with E-state index >= 15 is 0 Å². The van der Waals surface area contributed by atoms with Crippen molar-refractivity contribution in [3.05, 3.63) is 45.0 Å². The molecule has 0 bridgehead atoms. The largest absolute Gasteiger partial charge is 0.303 e. The summed E-state index contributed by atoms with van der Waals surface area (Å²) in [6, 6.07) is 6.80. The zero-order valence-electron chi connectivity index (χ0n) is 7.93. The maximum atomic E-state index is 10.4. The number of carbonyl (C=O) groups is 1. The fraction of sp³-hybridized carbons (Fsp3) is 0.300. The van der Waals surface area contributed by atoms with Crippen LogP contribution in [0.2, 0.25) is 5.02 Å². The number of nitrogens with zero attached hydrogens (tertiary/aromatic N) is 1. The first kappa shape index (κ1) is 11.7. The van der Waals surface area contributed by atoms with Gasteiger partial charge in [-0.05, 0) is 17.7 Å². The zero-order valence-corrected chi connectivity index (χ0v) is 8.68. The van der Waals surface area contributed by atoms with E-state index < -0.39 is 10.8 Å². The highest BCUT2D eigenvalue weighted by molar-refractivity contribution is 6.30. The van der Waals surface area contributed by atoms with E-state index in [0.29, 0.717) is 11.3 Å². The summed E-state index contributed by atoms with van der Waals surface area (Å²) in [4.78, 5) is 20.4. The highest BCUT2D eigenvalue weighted by Gasteiger charge is 2.17. The van der Waals surface area contributed by atoms with Crippen molar-refractivity contribution < 1.29 is 9.72 Å². The molecular weight excluding hydrogens is 218 g/mol. The summed E-state index contributed by atoms with van der Waals surface area (Å²) < 4.78 is 0. The van der Waals surface area contributed by atoms with Gasteiger partial charge in [-0.3, -0.25) is 10.1 Å².